The second-order valence-corrected chi connectivity index (χ2v) is 6.18. The number of nitrogens with one attached hydrogen (secondary N) is 1. The van der Waals surface area contributed by atoms with Gasteiger partial charge in [-0.15, -0.1) is 0 Å². The predicted octanol–water partition coefficient (Wildman–Crippen LogP) is 3.31. The molecular formula is C17H21NO. The highest BCUT2D eigenvalue weighted by molar-refractivity contribution is 5.37. The lowest BCUT2D eigenvalue weighted by atomic mass is 9.92. The summed E-state index contributed by atoms with van der Waals surface area (Å²) in [5.41, 5.74) is 1.34. The highest BCUT2D eigenvalue weighted by Gasteiger charge is 2.35. The van der Waals surface area contributed by atoms with Crippen molar-refractivity contribution in [1.82, 2.24) is 5.32 Å². The van der Waals surface area contributed by atoms with Crippen molar-refractivity contribution >= 4 is 0 Å². The summed E-state index contributed by atoms with van der Waals surface area (Å²) < 4.78 is 5.72. The van der Waals surface area contributed by atoms with Crippen LogP contribution in [-0.4, -0.2) is 13.2 Å². The van der Waals surface area contributed by atoms with E-state index in [1.807, 2.05) is 0 Å². The predicted molar refractivity (Wildman–Crippen MR) is 76.1 cm³/mol. The van der Waals surface area contributed by atoms with Gasteiger partial charge in [0.25, 0.3) is 0 Å². The molecule has 19 heavy (non-hydrogen) atoms. The van der Waals surface area contributed by atoms with Crippen LogP contribution in [0.4, 0.5) is 0 Å². The molecule has 0 spiro atoms. The highest BCUT2D eigenvalue weighted by atomic mass is 16.5. The van der Waals surface area contributed by atoms with E-state index >= 15 is 0 Å². The summed E-state index contributed by atoms with van der Waals surface area (Å²) in [7, 11) is 0. The molecule has 2 aliphatic carbocycles. The largest absolute Gasteiger partial charge is 0.493 e. The van der Waals surface area contributed by atoms with E-state index in [1.165, 1.54) is 18.4 Å². The normalized spacial score (nSPS) is 35.2. The fourth-order valence-corrected chi connectivity index (χ4v) is 3.98. The number of fused-ring (bicyclic) bond motifs is 3. The molecule has 3 aliphatic rings. The molecule has 4 unspecified atom stereocenters. The Morgan fingerprint density at radius 1 is 1.16 bits per heavy atom. The third kappa shape index (κ3) is 2.08. The Bertz CT molecular complexity index is 496. The van der Waals surface area contributed by atoms with Crippen LogP contribution in [0.15, 0.2) is 36.4 Å². The Kier molecular flexibility index (Phi) is 2.84. The molecule has 2 heteroatoms. The monoisotopic (exact) mass is 255 g/mol. The van der Waals surface area contributed by atoms with Crippen LogP contribution in [0.5, 0.6) is 5.75 Å². The van der Waals surface area contributed by atoms with Crippen LogP contribution < -0.4 is 10.1 Å². The van der Waals surface area contributed by atoms with Crippen molar-refractivity contribution in [2.45, 2.75) is 25.3 Å². The van der Waals surface area contributed by atoms with E-state index in [-0.39, 0.29) is 0 Å². The Labute approximate surface area is 114 Å². The van der Waals surface area contributed by atoms with E-state index in [4.69, 9.17) is 4.74 Å². The molecular weight excluding hydrogens is 234 g/mol. The first kappa shape index (κ1) is 11.5. The minimum absolute atomic E-state index is 0.480. The number of hydrogen-bond donors (Lipinski definition) is 1. The first-order chi connectivity index (χ1) is 9.40. The van der Waals surface area contributed by atoms with Gasteiger partial charge < -0.3 is 10.1 Å². The summed E-state index contributed by atoms with van der Waals surface area (Å²) in [5.74, 6) is 3.63. The molecule has 0 aromatic heterocycles. The van der Waals surface area contributed by atoms with E-state index < -0.39 is 0 Å². The van der Waals surface area contributed by atoms with E-state index in [1.54, 1.807) is 0 Å². The lowest BCUT2D eigenvalue weighted by Gasteiger charge is -2.29. The molecule has 0 amide bonds. The number of para-hydroxylation sites is 1. The summed E-state index contributed by atoms with van der Waals surface area (Å²) in [4.78, 5) is 0. The maximum atomic E-state index is 5.72. The van der Waals surface area contributed by atoms with Gasteiger partial charge in [-0.3, -0.25) is 0 Å². The average molecular weight is 255 g/mol. The first-order valence-electron chi connectivity index (χ1n) is 7.53. The maximum absolute atomic E-state index is 5.72. The van der Waals surface area contributed by atoms with Gasteiger partial charge in [0.15, 0.2) is 0 Å². The minimum Gasteiger partial charge on any atom is -0.493 e. The summed E-state index contributed by atoms with van der Waals surface area (Å²) in [6.07, 6.45) is 8.74. The standard InChI is InChI=1S/C17H21NO/c1-2-4-17-15(3-1)16(7-8-19-17)18-11-14-10-12-5-6-13(14)9-12/h1-6,12-14,16,18H,7-11H2. The third-order valence-corrected chi connectivity index (χ3v) is 5.00. The van der Waals surface area contributed by atoms with Gasteiger partial charge in [0.05, 0.1) is 6.61 Å². The van der Waals surface area contributed by atoms with Crippen LogP contribution in [0.1, 0.15) is 30.9 Å². The molecule has 1 fully saturated rings. The van der Waals surface area contributed by atoms with Crippen LogP contribution in [0.25, 0.3) is 0 Å². The fraction of sp³-hybridized carbons (Fsp3) is 0.529. The SMILES string of the molecule is C1=CC2CC1CC2CNC1CCOc2ccccc21. The molecule has 1 aromatic carbocycles. The smallest absolute Gasteiger partial charge is 0.124 e. The summed E-state index contributed by atoms with van der Waals surface area (Å²) in [6.45, 7) is 2.00. The number of hydrogen-bond acceptors (Lipinski definition) is 2. The Morgan fingerprint density at radius 2 is 2.11 bits per heavy atom. The lowest BCUT2D eigenvalue weighted by Crippen LogP contribution is -2.32. The van der Waals surface area contributed by atoms with Gasteiger partial charge >= 0.3 is 0 Å². The summed E-state index contributed by atoms with van der Waals surface area (Å²) in [5, 5.41) is 3.79. The Morgan fingerprint density at radius 3 is 2.95 bits per heavy atom. The molecule has 1 aromatic rings. The number of allylic oxidation sites excluding steroid dienone is 2. The molecule has 1 N–H and O–H groups in total. The first-order valence-corrected chi connectivity index (χ1v) is 7.53. The van der Waals surface area contributed by atoms with E-state index in [0.29, 0.717) is 6.04 Å². The summed E-state index contributed by atoms with van der Waals surface area (Å²) in [6, 6.07) is 8.94. The molecule has 4 rings (SSSR count). The third-order valence-electron chi connectivity index (χ3n) is 5.00. The van der Waals surface area contributed by atoms with Crippen LogP contribution in [0.3, 0.4) is 0 Å². The number of ether oxygens (including phenoxy) is 1. The zero-order valence-corrected chi connectivity index (χ0v) is 11.2. The van der Waals surface area contributed by atoms with Crippen molar-refractivity contribution in [2.24, 2.45) is 17.8 Å². The molecule has 1 heterocycles. The van der Waals surface area contributed by atoms with Crippen LogP contribution in [0, 0.1) is 17.8 Å². The second kappa shape index (κ2) is 4.68. The molecule has 100 valence electrons. The van der Waals surface area contributed by atoms with Crippen molar-refractivity contribution in [3.8, 4) is 5.75 Å². The van der Waals surface area contributed by atoms with Crippen LogP contribution in [-0.2, 0) is 0 Å². The lowest BCUT2D eigenvalue weighted by molar-refractivity contribution is 0.245. The van der Waals surface area contributed by atoms with E-state index in [2.05, 4.69) is 41.7 Å². The van der Waals surface area contributed by atoms with Crippen LogP contribution >= 0.6 is 0 Å². The quantitative estimate of drug-likeness (QED) is 0.837. The molecule has 4 atom stereocenters. The van der Waals surface area contributed by atoms with Crippen LogP contribution in [0.2, 0.25) is 0 Å². The van der Waals surface area contributed by atoms with Crippen molar-refractivity contribution in [3.63, 3.8) is 0 Å². The minimum atomic E-state index is 0.480. The number of rotatable bonds is 3. The van der Waals surface area contributed by atoms with Gasteiger partial charge in [0.1, 0.15) is 5.75 Å². The van der Waals surface area contributed by atoms with E-state index in [9.17, 15) is 0 Å². The highest BCUT2D eigenvalue weighted by Crippen LogP contribution is 2.43. The molecule has 2 bridgehead atoms. The topological polar surface area (TPSA) is 21.3 Å². The van der Waals surface area contributed by atoms with Gasteiger partial charge in [0.2, 0.25) is 0 Å². The van der Waals surface area contributed by atoms with Crippen molar-refractivity contribution in [2.75, 3.05) is 13.2 Å². The average Bonchev–Trinajstić information content (AvgIpc) is 3.07. The molecule has 0 saturated heterocycles. The Balaban J connectivity index is 1.43. The number of benzene rings is 1. The Hall–Kier alpha value is -1.28. The van der Waals surface area contributed by atoms with Crippen molar-refractivity contribution in [1.29, 1.82) is 0 Å². The molecule has 2 nitrogen and oxygen atoms in total. The van der Waals surface area contributed by atoms with Gasteiger partial charge in [-0.25, -0.2) is 0 Å². The molecule has 0 radical (unpaired) electrons. The fourth-order valence-electron chi connectivity index (χ4n) is 3.98. The van der Waals surface area contributed by atoms with Gasteiger partial charge in [-0.1, -0.05) is 30.4 Å². The zero-order valence-electron chi connectivity index (χ0n) is 11.2. The van der Waals surface area contributed by atoms with Gasteiger partial charge in [0, 0.05) is 18.0 Å². The zero-order chi connectivity index (χ0) is 12.7. The van der Waals surface area contributed by atoms with Crippen molar-refractivity contribution in [3.05, 3.63) is 42.0 Å². The van der Waals surface area contributed by atoms with E-state index in [0.717, 1.165) is 43.1 Å². The second-order valence-electron chi connectivity index (χ2n) is 6.18. The summed E-state index contributed by atoms with van der Waals surface area (Å²) >= 11 is 0. The molecule has 1 aliphatic heterocycles. The van der Waals surface area contributed by atoms with Gasteiger partial charge in [-0.2, -0.15) is 0 Å². The maximum Gasteiger partial charge on any atom is 0.124 e. The van der Waals surface area contributed by atoms with Crippen molar-refractivity contribution < 1.29 is 4.74 Å². The molecule has 1 saturated carbocycles. The van der Waals surface area contributed by atoms with Gasteiger partial charge in [-0.05, 0) is 43.2 Å².